The fourth-order valence-electron chi connectivity index (χ4n) is 8.17. The number of nitrogens with zero attached hydrogens (tertiary/aromatic N) is 1. The minimum atomic E-state index is -6.13. The van der Waals surface area contributed by atoms with E-state index < -0.39 is 195 Å². The summed E-state index contributed by atoms with van der Waals surface area (Å²) in [6.07, 6.45) is -52.7. The second-order valence-corrected chi connectivity index (χ2v) is 16.9. The maximum Gasteiger partial charge on any atom is 0.416 e. The van der Waals surface area contributed by atoms with Gasteiger partial charge in [0.25, 0.3) is 5.15 Å². The van der Waals surface area contributed by atoms with Gasteiger partial charge in [-0.1, -0.05) is 97.1 Å². The first-order valence-corrected chi connectivity index (χ1v) is 20.9. The fourth-order valence-corrected chi connectivity index (χ4v) is 8.40. The van der Waals surface area contributed by atoms with E-state index in [1.165, 1.54) is 16.3 Å². The van der Waals surface area contributed by atoms with Crippen LogP contribution in [0.25, 0.3) is 10.8 Å². The molecule has 7 aromatic rings. The number of pyridine rings is 1. The molecule has 0 saturated heterocycles. The molecule has 6 aromatic carbocycles. The van der Waals surface area contributed by atoms with Crippen molar-refractivity contribution in [3.8, 4) is 0 Å². The molecular formula is C48H25BClF24N. The van der Waals surface area contributed by atoms with E-state index in [4.69, 9.17) is 11.6 Å². The van der Waals surface area contributed by atoms with Crippen molar-refractivity contribution >= 4 is 50.4 Å². The fraction of sp³-hybridized carbons (Fsp3) is 0.188. The Morgan fingerprint density at radius 3 is 0.800 bits per heavy atom. The van der Waals surface area contributed by atoms with E-state index in [9.17, 15) is 105 Å². The van der Waals surface area contributed by atoms with Gasteiger partial charge >= 0.3 is 49.4 Å². The van der Waals surface area contributed by atoms with Crippen molar-refractivity contribution in [3.05, 3.63) is 195 Å². The van der Waals surface area contributed by atoms with Crippen LogP contribution in [0.4, 0.5) is 105 Å². The van der Waals surface area contributed by atoms with Gasteiger partial charge in [-0.3, -0.25) is 0 Å². The minimum Gasteiger partial charge on any atom is -0.194 e. The van der Waals surface area contributed by atoms with Crippen LogP contribution < -0.4 is 26.4 Å². The summed E-state index contributed by atoms with van der Waals surface area (Å²) in [7, 11) is 0. The third-order valence-corrected chi connectivity index (χ3v) is 11.8. The zero-order chi connectivity index (χ0) is 56.3. The monoisotopic (exact) mass is 1120 g/mol. The van der Waals surface area contributed by atoms with E-state index >= 15 is 0 Å². The van der Waals surface area contributed by atoms with E-state index in [-0.39, 0.29) is 0 Å². The van der Waals surface area contributed by atoms with Crippen LogP contribution in [-0.4, -0.2) is 6.15 Å². The van der Waals surface area contributed by atoms with Crippen LogP contribution in [0, 0.1) is 0 Å². The Labute approximate surface area is 410 Å². The van der Waals surface area contributed by atoms with E-state index in [2.05, 4.69) is 35.0 Å². The Morgan fingerprint density at radius 2 is 0.547 bits per heavy atom. The highest BCUT2D eigenvalue weighted by molar-refractivity contribution is 7.20. The second kappa shape index (κ2) is 19.8. The lowest BCUT2D eigenvalue weighted by molar-refractivity contribution is -0.684. The van der Waals surface area contributed by atoms with Crippen LogP contribution >= 0.6 is 11.6 Å². The van der Waals surface area contributed by atoms with Gasteiger partial charge < -0.3 is 0 Å². The average molecular weight is 1120 g/mol. The molecule has 0 unspecified atom stereocenters. The number of hydrogen-bond acceptors (Lipinski definition) is 0. The second-order valence-electron chi connectivity index (χ2n) is 16.6. The molecule has 0 saturated carbocycles. The van der Waals surface area contributed by atoms with E-state index in [0.717, 1.165) is 11.7 Å². The summed E-state index contributed by atoms with van der Waals surface area (Å²) in [5.41, 5.74) is -29.0. The lowest BCUT2D eigenvalue weighted by atomic mass is 9.12. The molecule has 0 fully saturated rings. The number of benzene rings is 6. The maximum absolute atomic E-state index is 14.2. The molecule has 0 bridgehead atoms. The Bertz CT molecular complexity index is 2760. The third kappa shape index (κ3) is 13.1. The number of halogens is 25. The molecule has 0 aliphatic carbocycles. The highest BCUT2D eigenvalue weighted by atomic mass is 35.5. The van der Waals surface area contributed by atoms with Crippen LogP contribution in [0.15, 0.2) is 140 Å². The van der Waals surface area contributed by atoms with E-state index in [1.807, 2.05) is 36.4 Å². The quantitative estimate of drug-likeness (QED) is 0.0676. The van der Waals surface area contributed by atoms with Crippen LogP contribution in [0.3, 0.4) is 0 Å². The van der Waals surface area contributed by atoms with E-state index in [1.54, 1.807) is 0 Å². The van der Waals surface area contributed by atoms with Gasteiger partial charge in [-0.15, -0.1) is 0 Å². The van der Waals surface area contributed by atoms with Gasteiger partial charge in [0, 0.05) is 17.0 Å². The predicted octanol–water partition coefficient (Wildman–Crippen LogP) is 15.0. The van der Waals surface area contributed by atoms with Crippen molar-refractivity contribution in [3.63, 3.8) is 0 Å². The molecule has 1 heterocycles. The van der Waals surface area contributed by atoms with Crippen LogP contribution in [-0.2, 0) is 56.0 Å². The molecule has 0 radical (unpaired) electrons. The number of fused-ring (bicyclic) bond motifs is 1. The molecule has 0 aliphatic heterocycles. The SMILES string of the molecule is Clc1cc2ccccc2c[n+]1Cc1ccccc1.FC(F)(F)c1cc([B-](c2cc(C(F)(F)F)cc(C(F)(F)F)c2)(c2cc(C(F)(F)F)cc(C(F)(F)F)c2)c2cc(C(F)(F)F)cc(C(F)(F)F)c2)cc(C(F)(F)F)c1. The molecule has 400 valence electrons. The van der Waals surface area contributed by atoms with Crippen molar-refractivity contribution in [2.75, 3.05) is 0 Å². The van der Waals surface area contributed by atoms with Crippen molar-refractivity contribution in [2.45, 2.75) is 56.0 Å². The zero-order valence-corrected chi connectivity index (χ0v) is 37.2. The lowest BCUT2D eigenvalue weighted by Crippen LogP contribution is -2.75. The van der Waals surface area contributed by atoms with Crippen LogP contribution in [0.1, 0.15) is 50.1 Å². The number of aromatic nitrogens is 1. The predicted molar refractivity (Wildman–Crippen MR) is 225 cm³/mol. The van der Waals surface area contributed by atoms with Crippen molar-refractivity contribution in [2.24, 2.45) is 0 Å². The third-order valence-electron chi connectivity index (χ3n) is 11.5. The highest BCUT2D eigenvalue weighted by Gasteiger charge is 2.47. The minimum absolute atomic E-state index is 0.691. The molecule has 0 amide bonds. The van der Waals surface area contributed by atoms with Gasteiger partial charge in [-0.25, -0.2) is 0 Å². The summed E-state index contributed by atoms with van der Waals surface area (Å²) in [4.78, 5) is 0. The number of rotatable bonds is 6. The molecule has 1 nitrogen and oxygen atoms in total. The van der Waals surface area contributed by atoms with Crippen molar-refractivity contribution < 1.29 is 110 Å². The maximum atomic E-state index is 14.2. The first kappa shape index (κ1) is 57.7. The summed E-state index contributed by atoms with van der Waals surface area (Å²) in [6.45, 7) is 0.796. The van der Waals surface area contributed by atoms with Crippen LogP contribution in [0.5, 0.6) is 0 Å². The van der Waals surface area contributed by atoms with Gasteiger partial charge in [0.15, 0.2) is 12.7 Å². The largest absolute Gasteiger partial charge is 0.416 e. The molecule has 27 heteroatoms. The molecular weight excluding hydrogens is 1090 g/mol. The number of alkyl halides is 24. The Hall–Kier alpha value is -6.60. The summed E-state index contributed by atoms with van der Waals surface area (Å²) < 4.78 is 343. The van der Waals surface area contributed by atoms with E-state index in [0.29, 0.717) is 0 Å². The Morgan fingerprint density at radius 1 is 0.307 bits per heavy atom. The Balaban J connectivity index is 0.000000421. The Kier molecular flexibility index (Phi) is 15.3. The molecule has 1 aromatic heterocycles. The highest BCUT2D eigenvalue weighted by Crippen LogP contribution is 2.41. The van der Waals surface area contributed by atoms with Gasteiger partial charge in [-0.05, 0) is 47.3 Å². The van der Waals surface area contributed by atoms with Gasteiger partial charge in [0.2, 0.25) is 0 Å². The topological polar surface area (TPSA) is 3.88 Å². The van der Waals surface area contributed by atoms with Gasteiger partial charge in [-0.2, -0.15) is 132 Å². The smallest absolute Gasteiger partial charge is 0.194 e. The molecule has 0 atom stereocenters. The summed E-state index contributed by atoms with van der Waals surface area (Å²) >= 11 is 6.32. The van der Waals surface area contributed by atoms with Gasteiger partial charge in [0.05, 0.1) is 44.5 Å². The zero-order valence-electron chi connectivity index (χ0n) is 36.5. The molecule has 7 rings (SSSR count). The first-order chi connectivity index (χ1) is 34.1. The average Bonchev–Trinajstić information content (AvgIpc) is 3.27. The van der Waals surface area contributed by atoms with Crippen molar-refractivity contribution in [1.82, 2.24) is 0 Å². The van der Waals surface area contributed by atoms with Crippen LogP contribution in [0.2, 0.25) is 5.15 Å². The number of hydrogen-bond donors (Lipinski definition) is 0. The standard InChI is InChI=1S/C32H12BF24.C16H13ClN/c34-25(35,36)13-1-14(26(37,38)39)6-21(5-13)33(22-7-15(27(40,41)42)2-16(8-22)28(43,44)45,23-9-17(29(46,47)48)3-18(10-23)30(49,50)51)24-11-19(31(52,53)54)4-20(12-24)32(55,56)57;17-16-10-14-8-4-5-9-15(14)12-18(16)11-13-6-2-1-3-7-13/h1-12H;1-10,12H,11H2/q-1;+1. The molecule has 0 aliphatic rings. The summed E-state index contributed by atoms with van der Waals surface area (Å²) in [5, 5.41) is 3.14. The van der Waals surface area contributed by atoms with Gasteiger partial charge in [0.1, 0.15) is 6.15 Å². The van der Waals surface area contributed by atoms with Crippen molar-refractivity contribution in [1.29, 1.82) is 0 Å². The normalized spacial score (nSPS) is 13.5. The summed E-state index contributed by atoms with van der Waals surface area (Å²) in [5.74, 6) is 0. The molecule has 75 heavy (non-hydrogen) atoms. The summed E-state index contributed by atoms with van der Waals surface area (Å²) in [6, 6.07) is 11.8. The first-order valence-electron chi connectivity index (χ1n) is 20.6. The lowest BCUT2D eigenvalue weighted by Gasteiger charge is -2.46. The molecule has 0 N–H and O–H groups in total. The molecule has 0 spiro atoms.